The standard InChI is InChI=1S/C15H12ClN3O2S/c1-21-12-7-10(16)6-9(14(12)20)8-17-19-15-18-11-4-2-3-5-13(11)22-15/h2-8,20H,1H3,(H,18,19)/b17-8-. The van der Waals surface area contributed by atoms with Gasteiger partial charge in [-0.15, -0.1) is 0 Å². The van der Waals surface area contributed by atoms with Crippen LogP contribution in [-0.2, 0) is 0 Å². The van der Waals surface area contributed by atoms with E-state index in [4.69, 9.17) is 16.3 Å². The molecule has 0 amide bonds. The molecular formula is C15H12ClN3O2S. The number of rotatable bonds is 4. The fraction of sp³-hybridized carbons (Fsp3) is 0.0667. The molecule has 0 aliphatic rings. The van der Waals surface area contributed by atoms with Crippen molar-refractivity contribution in [2.24, 2.45) is 5.10 Å². The van der Waals surface area contributed by atoms with E-state index < -0.39 is 0 Å². The summed E-state index contributed by atoms with van der Waals surface area (Å²) in [6, 6.07) is 11.0. The fourth-order valence-corrected chi connectivity index (χ4v) is 2.96. The zero-order chi connectivity index (χ0) is 15.5. The van der Waals surface area contributed by atoms with E-state index in [1.54, 1.807) is 6.07 Å². The number of aromatic hydroxyl groups is 1. The summed E-state index contributed by atoms with van der Waals surface area (Å²) < 4.78 is 6.12. The van der Waals surface area contributed by atoms with E-state index in [1.165, 1.54) is 30.7 Å². The molecule has 0 atom stereocenters. The van der Waals surface area contributed by atoms with Crippen LogP contribution in [-0.4, -0.2) is 23.4 Å². The van der Waals surface area contributed by atoms with E-state index in [2.05, 4.69) is 15.5 Å². The number of nitrogens with zero attached hydrogens (tertiary/aromatic N) is 2. The molecule has 0 saturated heterocycles. The van der Waals surface area contributed by atoms with Crippen molar-refractivity contribution in [3.05, 3.63) is 47.0 Å². The molecule has 1 heterocycles. The number of thiazole rings is 1. The number of para-hydroxylation sites is 1. The van der Waals surface area contributed by atoms with Crippen LogP contribution in [0, 0.1) is 0 Å². The number of phenols is 1. The second-order valence-electron chi connectivity index (χ2n) is 4.40. The highest BCUT2D eigenvalue weighted by atomic mass is 35.5. The molecule has 0 spiro atoms. The van der Waals surface area contributed by atoms with Gasteiger partial charge < -0.3 is 9.84 Å². The van der Waals surface area contributed by atoms with Gasteiger partial charge in [-0.05, 0) is 18.2 Å². The Kier molecular flexibility index (Phi) is 4.13. The Morgan fingerprint density at radius 2 is 2.18 bits per heavy atom. The average molecular weight is 334 g/mol. The number of methoxy groups -OCH3 is 1. The number of aromatic nitrogens is 1. The van der Waals surface area contributed by atoms with Gasteiger partial charge in [0.2, 0.25) is 5.13 Å². The second kappa shape index (κ2) is 6.21. The van der Waals surface area contributed by atoms with Gasteiger partial charge in [-0.1, -0.05) is 35.1 Å². The van der Waals surface area contributed by atoms with Gasteiger partial charge in [0, 0.05) is 16.7 Å². The average Bonchev–Trinajstić information content (AvgIpc) is 2.93. The fourth-order valence-electron chi connectivity index (χ4n) is 1.93. The van der Waals surface area contributed by atoms with Gasteiger partial charge >= 0.3 is 0 Å². The van der Waals surface area contributed by atoms with Crippen LogP contribution in [0.5, 0.6) is 11.5 Å². The number of hydrazone groups is 1. The van der Waals surface area contributed by atoms with Crippen LogP contribution in [0.25, 0.3) is 10.2 Å². The van der Waals surface area contributed by atoms with Gasteiger partial charge in [-0.2, -0.15) is 5.10 Å². The first-order valence-corrected chi connectivity index (χ1v) is 7.58. The van der Waals surface area contributed by atoms with Crippen LogP contribution >= 0.6 is 22.9 Å². The normalized spacial score (nSPS) is 11.2. The lowest BCUT2D eigenvalue weighted by molar-refractivity contribution is 0.373. The molecule has 112 valence electrons. The summed E-state index contributed by atoms with van der Waals surface area (Å²) in [4.78, 5) is 4.40. The molecule has 0 bridgehead atoms. The number of benzene rings is 2. The van der Waals surface area contributed by atoms with Gasteiger partial charge in [-0.25, -0.2) is 4.98 Å². The minimum absolute atomic E-state index is 0.0123. The predicted octanol–water partition coefficient (Wildman–Crippen LogP) is 4.11. The lowest BCUT2D eigenvalue weighted by Gasteiger charge is -2.06. The lowest BCUT2D eigenvalue weighted by Crippen LogP contribution is -1.92. The molecule has 2 aromatic carbocycles. The summed E-state index contributed by atoms with van der Waals surface area (Å²) in [5, 5.41) is 15.2. The highest BCUT2D eigenvalue weighted by Gasteiger charge is 2.08. The van der Waals surface area contributed by atoms with Gasteiger partial charge in [0.05, 0.1) is 23.5 Å². The summed E-state index contributed by atoms with van der Waals surface area (Å²) in [5.41, 5.74) is 4.22. The Hall–Kier alpha value is -2.31. The van der Waals surface area contributed by atoms with Gasteiger partial charge in [-0.3, -0.25) is 5.43 Å². The van der Waals surface area contributed by atoms with Crippen molar-refractivity contribution in [1.29, 1.82) is 0 Å². The molecule has 7 heteroatoms. The molecule has 0 aliphatic carbocycles. The number of phenolic OH excluding ortho intramolecular Hbond substituents is 1. The van der Waals surface area contributed by atoms with Crippen molar-refractivity contribution < 1.29 is 9.84 Å². The van der Waals surface area contributed by atoms with Crippen molar-refractivity contribution >= 4 is 44.5 Å². The maximum absolute atomic E-state index is 10.0. The molecule has 0 radical (unpaired) electrons. The third kappa shape index (κ3) is 2.98. The number of hydrogen-bond acceptors (Lipinski definition) is 6. The molecule has 2 N–H and O–H groups in total. The Labute approximate surface area is 135 Å². The number of nitrogens with one attached hydrogen (secondary N) is 1. The maximum atomic E-state index is 10.0. The summed E-state index contributed by atoms with van der Waals surface area (Å²) in [6.07, 6.45) is 1.47. The van der Waals surface area contributed by atoms with Crippen molar-refractivity contribution in [1.82, 2.24) is 4.98 Å². The maximum Gasteiger partial charge on any atom is 0.204 e. The Morgan fingerprint density at radius 1 is 1.36 bits per heavy atom. The number of hydrogen-bond donors (Lipinski definition) is 2. The zero-order valence-electron chi connectivity index (χ0n) is 11.6. The molecule has 3 rings (SSSR count). The zero-order valence-corrected chi connectivity index (χ0v) is 13.1. The van der Waals surface area contributed by atoms with Gasteiger partial charge in [0.1, 0.15) is 0 Å². The molecule has 0 unspecified atom stereocenters. The molecule has 3 aromatic rings. The van der Waals surface area contributed by atoms with E-state index in [-0.39, 0.29) is 5.75 Å². The topological polar surface area (TPSA) is 66.7 Å². The highest BCUT2D eigenvalue weighted by Crippen LogP contribution is 2.32. The molecule has 5 nitrogen and oxygen atoms in total. The number of ether oxygens (including phenoxy) is 1. The summed E-state index contributed by atoms with van der Waals surface area (Å²) in [5.74, 6) is 0.288. The molecule has 0 aliphatic heterocycles. The van der Waals surface area contributed by atoms with E-state index in [0.717, 1.165) is 10.2 Å². The highest BCUT2D eigenvalue weighted by molar-refractivity contribution is 7.22. The Bertz CT molecular complexity index is 815. The van der Waals surface area contributed by atoms with Crippen LogP contribution in [0.4, 0.5) is 5.13 Å². The molecule has 1 aromatic heterocycles. The first kappa shape index (κ1) is 14.6. The van der Waals surface area contributed by atoms with Crippen LogP contribution in [0.3, 0.4) is 0 Å². The van der Waals surface area contributed by atoms with Gasteiger partial charge in [0.15, 0.2) is 11.5 Å². The third-order valence-electron chi connectivity index (χ3n) is 2.95. The molecule has 22 heavy (non-hydrogen) atoms. The number of halogens is 1. The second-order valence-corrected chi connectivity index (χ2v) is 5.87. The quantitative estimate of drug-likeness (QED) is 0.557. The van der Waals surface area contributed by atoms with E-state index in [0.29, 0.717) is 21.5 Å². The largest absolute Gasteiger partial charge is 0.504 e. The van der Waals surface area contributed by atoms with Crippen molar-refractivity contribution in [2.75, 3.05) is 12.5 Å². The first-order chi connectivity index (χ1) is 10.7. The minimum atomic E-state index is -0.0123. The van der Waals surface area contributed by atoms with Crippen LogP contribution in [0.15, 0.2) is 41.5 Å². The Morgan fingerprint density at radius 3 is 2.95 bits per heavy atom. The monoisotopic (exact) mass is 333 g/mol. The van der Waals surface area contributed by atoms with Crippen LogP contribution in [0.1, 0.15) is 5.56 Å². The Balaban J connectivity index is 1.81. The first-order valence-electron chi connectivity index (χ1n) is 6.38. The third-order valence-corrected chi connectivity index (χ3v) is 4.11. The lowest BCUT2D eigenvalue weighted by atomic mass is 10.2. The molecule has 0 fully saturated rings. The SMILES string of the molecule is COc1cc(Cl)cc(/C=N\Nc2nc3ccccc3s2)c1O. The van der Waals surface area contributed by atoms with E-state index in [1.807, 2.05) is 24.3 Å². The van der Waals surface area contributed by atoms with Crippen molar-refractivity contribution in [2.45, 2.75) is 0 Å². The number of anilines is 1. The van der Waals surface area contributed by atoms with Crippen LogP contribution in [0.2, 0.25) is 5.02 Å². The summed E-state index contributed by atoms with van der Waals surface area (Å²) in [6.45, 7) is 0. The van der Waals surface area contributed by atoms with E-state index in [9.17, 15) is 5.11 Å². The van der Waals surface area contributed by atoms with Crippen molar-refractivity contribution in [3.8, 4) is 11.5 Å². The van der Waals surface area contributed by atoms with Crippen LogP contribution < -0.4 is 10.2 Å². The summed E-state index contributed by atoms with van der Waals surface area (Å²) in [7, 11) is 1.46. The summed E-state index contributed by atoms with van der Waals surface area (Å²) >= 11 is 7.46. The number of fused-ring (bicyclic) bond motifs is 1. The molecular weight excluding hydrogens is 322 g/mol. The predicted molar refractivity (Wildman–Crippen MR) is 90.5 cm³/mol. The van der Waals surface area contributed by atoms with E-state index >= 15 is 0 Å². The van der Waals surface area contributed by atoms with Gasteiger partial charge in [0.25, 0.3) is 0 Å². The molecule has 0 saturated carbocycles. The van der Waals surface area contributed by atoms with Crippen molar-refractivity contribution in [3.63, 3.8) is 0 Å². The smallest absolute Gasteiger partial charge is 0.204 e. The minimum Gasteiger partial charge on any atom is -0.504 e.